The lowest BCUT2D eigenvalue weighted by Crippen LogP contribution is -2.62. The number of nitrogens with zero attached hydrogens (tertiary/aromatic N) is 2. The first-order valence-corrected chi connectivity index (χ1v) is 7.30. The normalized spacial score (nSPS) is 20.4. The number of benzene rings is 1. The highest BCUT2D eigenvalue weighted by Gasteiger charge is 2.29. The second kappa shape index (κ2) is 6.07. The van der Waals surface area contributed by atoms with Gasteiger partial charge in [0.1, 0.15) is 0 Å². The Balaban J connectivity index is 1.55. The van der Waals surface area contributed by atoms with Crippen LogP contribution in [0.25, 0.3) is 0 Å². The molecular formula is C15H19F2N3O. The van der Waals surface area contributed by atoms with Crippen LogP contribution < -0.4 is 5.32 Å². The first kappa shape index (κ1) is 14.4. The van der Waals surface area contributed by atoms with Crippen molar-refractivity contribution >= 4 is 5.91 Å². The highest BCUT2D eigenvalue weighted by molar-refractivity contribution is 5.79. The number of halogens is 2. The molecular weight excluding hydrogens is 276 g/mol. The SMILES string of the molecule is O=C(Cc1cccc(F)c1F)N1CCN(C2CNC2)CC1. The lowest BCUT2D eigenvalue weighted by Gasteiger charge is -2.43. The number of rotatable bonds is 3. The molecule has 3 rings (SSSR count). The van der Waals surface area contributed by atoms with E-state index in [1.165, 1.54) is 12.1 Å². The standard InChI is InChI=1S/C15H19F2N3O/c16-13-3-1-2-11(15(13)17)8-14(21)20-6-4-19(5-7-20)12-9-18-10-12/h1-3,12,18H,4-10H2. The van der Waals surface area contributed by atoms with Gasteiger partial charge in [0, 0.05) is 50.9 Å². The van der Waals surface area contributed by atoms with Crippen LogP contribution >= 0.6 is 0 Å². The Morgan fingerprint density at radius 2 is 1.90 bits per heavy atom. The summed E-state index contributed by atoms with van der Waals surface area (Å²) in [5.41, 5.74) is 0.130. The number of carbonyl (C=O) groups excluding carboxylic acids is 1. The van der Waals surface area contributed by atoms with Gasteiger partial charge in [-0.25, -0.2) is 8.78 Å². The number of amides is 1. The Morgan fingerprint density at radius 3 is 2.52 bits per heavy atom. The fourth-order valence-electron chi connectivity index (χ4n) is 2.83. The third-order valence-corrected chi connectivity index (χ3v) is 4.32. The largest absolute Gasteiger partial charge is 0.340 e. The molecule has 0 atom stereocenters. The molecule has 1 amide bonds. The number of hydrogen-bond acceptors (Lipinski definition) is 3. The molecule has 0 unspecified atom stereocenters. The summed E-state index contributed by atoms with van der Waals surface area (Å²) >= 11 is 0. The van der Waals surface area contributed by atoms with Gasteiger partial charge < -0.3 is 10.2 Å². The van der Waals surface area contributed by atoms with Crippen LogP contribution in [-0.4, -0.2) is 61.0 Å². The molecule has 4 nitrogen and oxygen atoms in total. The van der Waals surface area contributed by atoms with E-state index in [9.17, 15) is 13.6 Å². The first-order chi connectivity index (χ1) is 10.1. The number of nitrogens with one attached hydrogen (secondary N) is 1. The molecule has 0 bridgehead atoms. The molecule has 2 heterocycles. The van der Waals surface area contributed by atoms with E-state index >= 15 is 0 Å². The van der Waals surface area contributed by atoms with E-state index < -0.39 is 11.6 Å². The van der Waals surface area contributed by atoms with Crippen molar-refractivity contribution in [1.82, 2.24) is 15.1 Å². The highest BCUT2D eigenvalue weighted by atomic mass is 19.2. The maximum Gasteiger partial charge on any atom is 0.227 e. The topological polar surface area (TPSA) is 35.6 Å². The van der Waals surface area contributed by atoms with Crippen LogP contribution in [0.4, 0.5) is 8.78 Å². The van der Waals surface area contributed by atoms with Crippen LogP contribution in [-0.2, 0) is 11.2 Å². The van der Waals surface area contributed by atoms with Gasteiger partial charge in [-0.3, -0.25) is 9.69 Å². The molecule has 1 N–H and O–H groups in total. The van der Waals surface area contributed by atoms with E-state index in [4.69, 9.17) is 0 Å². The maximum atomic E-state index is 13.6. The van der Waals surface area contributed by atoms with Gasteiger partial charge in [-0.15, -0.1) is 0 Å². The maximum absolute atomic E-state index is 13.6. The molecule has 1 aromatic rings. The van der Waals surface area contributed by atoms with Crippen LogP contribution in [0.3, 0.4) is 0 Å². The Labute approximate surface area is 122 Å². The smallest absolute Gasteiger partial charge is 0.227 e. The third kappa shape index (κ3) is 3.06. The number of hydrogen-bond donors (Lipinski definition) is 1. The average Bonchev–Trinajstić information content (AvgIpc) is 2.43. The molecule has 2 saturated heterocycles. The predicted molar refractivity (Wildman–Crippen MR) is 74.9 cm³/mol. The van der Waals surface area contributed by atoms with E-state index in [0.29, 0.717) is 19.1 Å². The third-order valence-electron chi connectivity index (χ3n) is 4.32. The second-order valence-corrected chi connectivity index (χ2v) is 5.62. The summed E-state index contributed by atoms with van der Waals surface area (Å²) in [6, 6.07) is 4.55. The molecule has 2 fully saturated rings. The zero-order valence-corrected chi connectivity index (χ0v) is 11.8. The summed E-state index contributed by atoms with van der Waals surface area (Å²) in [6.07, 6.45) is -0.0748. The van der Waals surface area contributed by atoms with Crippen molar-refractivity contribution in [2.45, 2.75) is 12.5 Å². The van der Waals surface area contributed by atoms with E-state index in [-0.39, 0.29) is 17.9 Å². The van der Waals surface area contributed by atoms with Crippen molar-refractivity contribution in [1.29, 1.82) is 0 Å². The van der Waals surface area contributed by atoms with Crippen molar-refractivity contribution in [2.75, 3.05) is 39.3 Å². The molecule has 2 aliphatic rings. The lowest BCUT2D eigenvalue weighted by atomic mass is 10.1. The van der Waals surface area contributed by atoms with Crippen LogP contribution in [0.1, 0.15) is 5.56 Å². The zero-order chi connectivity index (χ0) is 14.8. The second-order valence-electron chi connectivity index (χ2n) is 5.62. The molecule has 114 valence electrons. The van der Waals surface area contributed by atoms with Crippen molar-refractivity contribution in [3.8, 4) is 0 Å². The first-order valence-electron chi connectivity index (χ1n) is 7.30. The molecule has 6 heteroatoms. The minimum absolute atomic E-state index is 0.0748. The quantitative estimate of drug-likeness (QED) is 0.888. The predicted octanol–water partition coefficient (Wildman–Crippen LogP) is 0.623. The average molecular weight is 295 g/mol. The minimum Gasteiger partial charge on any atom is -0.340 e. The van der Waals surface area contributed by atoms with Crippen LogP contribution in [0.2, 0.25) is 0 Å². The summed E-state index contributed by atoms with van der Waals surface area (Å²) in [5, 5.41) is 3.24. The van der Waals surface area contributed by atoms with Gasteiger partial charge in [0.25, 0.3) is 0 Å². The van der Waals surface area contributed by atoms with Crippen molar-refractivity contribution in [2.24, 2.45) is 0 Å². The summed E-state index contributed by atoms with van der Waals surface area (Å²) in [7, 11) is 0. The van der Waals surface area contributed by atoms with Gasteiger partial charge in [0.2, 0.25) is 5.91 Å². The number of carbonyl (C=O) groups is 1. The van der Waals surface area contributed by atoms with Gasteiger partial charge in [-0.05, 0) is 6.07 Å². The molecule has 1 aromatic carbocycles. The van der Waals surface area contributed by atoms with Crippen LogP contribution in [0.5, 0.6) is 0 Å². The zero-order valence-electron chi connectivity index (χ0n) is 11.8. The molecule has 0 spiro atoms. The monoisotopic (exact) mass is 295 g/mol. The van der Waals surface area contributed by atoms with E-state index in [0.717, 1.165) is 32.2 Å². The van der Waals surface area contributed by atoms with Gasteiger partial charge in [-0.2, -0.15) is 0 Å². The van der Waals surface area contributed by atoms with Crippen LogP contribution in [0, 0.1) is 11.6 Å². The molecule has 0 saturated carbocycles. The summed E-state index contributed by atoms with van der Waals surface area (Å²) < 4.78 is 26.7. The molecule has 0 radical (unpaired) electrons. The summed E-state index contributed by atoms with van der Waals surface area (Å²) in [5.74, 6) is -1.95. The van der Waals surface area contributed by atoms with Crippen LogP contribution in [0.15, 0.2) is 18.2 Å². The molecule has 0 aliphatic carbocycles. The molecule has 0 aromatic heterocycles. The molecule has 2 aliphatic heterocycles. The van der Waals surface area contributed by atoms with E-state index in [1.54, 1.807) is 4.90 Å². The highest BCUT2D eigenvalue weighted by Crippen LogP contribution is 2.15. The van der Waals surface area contributed by atoms with Crippen molar-refractivity contribution in [3.05, 3.63) is 35.4 Å². The minimum atomic E-state index is -0.912. The fourth-order valence-corrected chi connectivity index (χ4v) is 2.83. The van der Waals surface area contributed by atoms with Gasteiger partial charge in [0.05, 0.1) is 6.42 Å². The number of piperazine rings is 1. The Morgan fingerprint density at radius 1 is 1.19 bits per heavy atom. The van der Waals surface area contributed by atoms with E-state index in [2.05, 4.69) is 10.2 Å². The van der Waals surface area contributed by atoms with Gasteiger partial charge in [0.15, 0.2) is 11.6 Å². The molecule has 21 heavy (non-hydrogen) atoms. The lowest BCUT2D eigenvalue weighted by molar-refractivity contribution is -0.132. The Bertz CT molecular complexity index is 526. The summed E-state index contributed by atoms with van der Waals surface area (Å²) in [6.45, 7) is 5.05. The van der Waals surface area contributed by atoms with E-state index in [1.807, 2.05) is 0 Å². The summed E-state index contributed by atoms with van der Waals surface area (Å²) in [4.78, 5) is 16.3. The Hall–Kier alpha value is -1.53. The van der Waals surface area contributed by atoms with Crippen molar-refractivity contribution < 1.29 is 13.6 Å². The van der Waals surface area contributed by atoms with Gasteiger partial charge >= 0.3 is 0 Å². The van der Waals surface area contributed by atoms with Crippen molar-refractivity contribution in [3.63, 3.8) is 0 Å². The van der Waals surface area contributed by atoms with Gasteiger partial charge in [-0.1, -0.05) is 12.1 Å². The fraction of sp³-hybridized carbons (Fsp3) is 0.533. The Kier molecular flexibility index (Phi) is 4.17.